The molecule has 0 radical (unpaired) electrons. The van der Waals surface area contributed by atoms with E-state index in [1.165, 1.54) is 0 Å². The van der Waals surface area contributed by atoms with E-state index in [1.807, 2.05) is 42.8 Å². The number of aromatic nitrogens is 1. The average Bonchev–Trinajstić information content (AvgIpc) is 2.82. The molecule has 1 N–H and O–H groups in total. The number of amides is 1. The first kappa shape index (κ1) is 15.6. The van der Waals surface area contributed by atoms with Crippen molar-refractivity contribution in [3.63, 3.8) is 0 Å². The second-order valence-electron chi connectivity index (χ2n) is 5.37. The van der Waals surface area contributed by atoms with E-state index in [0.29, 0.717) is 12.2 Å². The van der Waals surface area contributed by atoms with Gasteiger partial charge in [-0.05, 0) is 53.5 Å². The third-order valence-electron chi connectivity index (χ3n) is 3.29. The van der Waals surface area contributed by atoms with Crippen molar-refractivity contribution in [2.75, 3.05) is 7.05 Å². The molecule has 0 saturated heterocycles. The largest absolute Gasteiger partial charge is 0.508 e. The Morgan fingerprint density at radius 1 is 1.33 bits per heavy atom. The minimum Gasteiger partial charge on any atom is -0.508 e. The Kier molecular flexibility index (Phi) is 4.73. The van der Waals surface area contributed by atoms with Gasteiger partial charge in [-0.2, -0.15) is 0 Å². The van der Waals surface area contributed by atoms with Crippen LogP contribution in [0, 0.1) is 0 Å². The average molecular weight is 351 g/mol. The highest BCUT2D eigenvalue weighted by molar-refractivity contribution is 9.10. The second-order valence-corrected chi connectivity index (χ2v) is 6.29. The molecule has 0 unspecified atom stereocenters. The predicted molar refractivity (Wildman–Crippen MR) is 86.4 cm³/mol. The fourth-order valence-corrected chi connectivity index (χ4v) is 2.62. The number of phenols is 1. The number of aromatic hydroxyl groups is 1. The van der Waals surface area contributed by atoms with E-state index in [1.54, 1.807) is 24.1 Å². The van der Waals surface area contributed by atoms with Crippen LogP contribution in [0.5, 0.6) is 5.75 Å². The number of phenolic OH excluding ortho intramolecular Hbond substituents is 1. The topological polar surface area (TPSA) is 45.5 Å². The molecule has 0 spiro atoms. The second kappa shape index (κ2) is 6.35. The predicted octanol–water partition coefficient (Wildman–Crippen LogP) is 3.81. The quantitative estimate of drug-likeness (QED) is 0.911. The Labute approximate surface area is 133 Å². The van der Waals surface area contributed by atoms with Crippen molar-refractivity contribution in [2.24, 2.45) is 0 Å². The van der Waals surface area contributed by atoms with E-state index in [2.05, 4.69) is 15.9 Å². The van der Waals surface area contributed by atoms with Crippen LogP contribution in [0.3, 0.4) is 0 Å². The van der Waals surface area contributed by atoms with Gasteiger partial charge in [0.1, 0.15) is 11.4 Å². The SMILES string of the molecule is CC(C)n1cc(Br)cc1C(=O)N(C)Cc1ccc(O)cc1. The normalized spacial score (nSPS) is 10.9. The molecule has 1 aromatic heterocycles. The Hall–Kier alpha value is -1.75. The van der Waals surface area contributed by atoms with Crippen LogP contribution in [-0.4, -0.2) is 27.5 Å². The van der Waals surface area contributed by atoms with Gasteiger partial charge in [-0.1, -0.05) is 12.1 Å². The van der Waals surface area contributed by atoms with Gasteiger partial charge in [0.05, 0.1) is 0 Å². The van der Waals surface area contributed by atoms with E-state index in [0.717, 1.165) is 10.0 Å². The van der Waals surface area contributed by atoms with E-state index in [9.17, 15) is 9.90 Å². The summed E-state index contributed by atoms with van der Waals surface area (Å²) in [6, 6.07) is 8.95. The van der Waals surface area contributed by atoms with Crippen molar-refractivity contribution in [2.45, 2.75) is 26.4 Å². The van der Waals surface area contributed by atoms with Gasteiger partial charge in [0, 0.05) is 30.3 Å². The number of benzene rings is 1. The number of hydrogen-bond donors (Lipinski definition) is 1. The maximum atomic E-state index is 12.6. The molecule has 112 valence electrons. The van der Waals surface area contributed by atoms with Crippen LogP contribution < -0.4 is 0 Å². The molecule has 1 amide bonds. The summed E-state index contributed by atoms with van der Waals surface area (Å²) >= 11 is 3.42. The van der Waals surface area contributed by atoms with Crippen LogP contribution >= 0.6 is 15.9 Å². The van der Waals surface area contributed by atoms with Gasteiger partial charge in [0.2, 0.25) is 0 Å². The van der Waals surface area contributed by atoms with E-state index in [-0.39, 0.29) is 17.7 Å². The summed E-state index contributed by atoms with van der Waals surface area (Å²) in [7, 11) is 1.78. The first-order valence-corrected chi connectivity index (χ1v) is 7.58. The van der Waals surface area contributed by atoms with Gasteiger partial charge in [-0.25, -0.2) is 0 Å². The maximum absolute atomic E-state index is 12.6. The van der Waals surface area contributed by atoms with Gasteiger partial charge >= 0.3 is 0 Å². The third kappa shape index (κ3) is 3.67. The van der Waals surface area contributed by atoms with Gasteiger partial charge in [0.25, 0.3) is 5.91 Å². The highest BCUT2D eigenvalue weighted by Crippen LogP contribution is 2.21. The van der Waals surface area contributed by atoms with Gasteiger partial charge < -0.3 is 14.6 Å². The Morgan fingerprint density at radius 2 is 1.95 bits per heavy atom. The van der Waals surface area contributed by atoms with Crippen LogP contribution in [-0.2, 0) is 6.54 Å². The van der Waals surface area contributed by atoms with Gasteiger partial charge in [-0.3, -0.25) is 4.79 Å². The number of hydrogen-bond acceptors (Lipinski definition) is 2. The molecule has 5 heteroatoms. The molecule has 0 aliphatic heterocycles. The van der Waals surface area contributed by atoms with Crippen LogP contribution in [0.2, 0.25) is 0 Å². The lowest BCUT2D eigenvalue weighted by molar-refractivity contribution is 0.0772. The van der Waals surface area contributed by atoms with Crippen molar-refractivity contribution in [1.82, 2.24) is 9.47 Å². The summed E-state index contributed by atoms with van der Waals surface area (Å²) in [6.45, 7) is 4.59. The number of nitrogens with zero attached hydrogens (tertiary/aromatic N) is 2. The molecule has 4 nitrogen and oxygen atoms in total. The highest BCUT2D eigenvalue weighted by atomic mass is 79.9. The molecular formula is C16H19BrN2O2. The molecule has 1 heterocycles. The number of carbonyl (C=O) groups excluding carboxylic acids is 1. The first-order chi connectivity index (χ1) is 9.88. The smallest absolute Gasteiger partial charge is 0.270 e. The molecular weight excluding hydrogens is 332 g/mol. The van der Waals surface area contributed by atoms with Crippen LogP contribution in [0.1, 0.15) is 35.9 Å². The number of carbonyl (C=O) groups is 1. The third-order valence-corrected chi connectivity index (χ3v) is 3.73. The van der Waals surface area contributed by atoms with Crippen molar-refractivity contribution < 1.29 is 9.90 Å². The molecule has 0 bridgehead atoms. The summed E-state index contributed by atoms with van der Waals surface area (Å²) in [6.07, 6.45) is 1.92. The molecule has 0 fully saturated rings. The Balaban J connectivity index is 2.17. The zero-order valence-electron chi connectivity index (χ0n) is 12.4. The highest BCUT2D eigenvalue weighted by Gasteiger charge is 2.18. The van der Waals surface area contributed by atoms with Gasteiger partial charge in [0.15, 0.2) is 0 Å². The van der Waals surface area contributed by atoms with Crippen LogP contribution in [0.25, 0.3) is 0 Å². The molecule has 2 aromatic rings. The van der Waals surface area contributed by atoms with Crippen molar-refractivity contribution in [1.29, 1.82) is 0 Å². The lowest BCUT2D eigenvalue weighted by atomic mass is 10.2. The van der Waals surface area contributed by atoms with Crippen molar-refractivity contribution in [3.8, 4) is 5.75 Å². The number of rotatable bonds is 4. The molecule has 2 rings (SSSR count). The first-order valence-electron chi connectivity index (χ1n) is 6.79. The van der Waals surface area contributed by atoms with Crippen molar-refractivity contribution in [3.05, 3.63) is 52.3 Å². The van der Waals surface area contributed by atoms with Crippen LogP contribution in [0.15, 0.2) is 41.0 Å². The monoisotopic (exact) mass is 350 g/mol. The fourth-order valence-electron chi connectivity index (χ4n) is 2.19. The minimum atomic E-state index is -0.0255. The summed E-state index contributed by atoms with van der Waals surface area (Å²) < 4.78 is 2.86. The molecule has 0 saturated carbocycles. The Bertz CT molecular complexity index is 632. The van der Waals surface area contributed by atoms with Gasteiger partial charge in [-0.15, -0.1) is 0 Å². The Morgan fingerprint density at radius 3 is 2.52 bits per heavy atom. The zero-order chi connectivity index (χ0) is 15.6. The molecule has 0 atom stereocenters. The number of halogens is 1. The van der Waals surface area contributed by atoms with Crippen molar-refractivity contribution >= 4 is 21.8 Å². The fraction of sp³-hybridized carbons (Fsp3) is 0.312. The lowest BCUT2D eigenvalue weighted by Crippen LogP contribution is -2.28. The summed E-state index contributed by atoms with van der Waals surface area (Å²) in [5, 5.41) is 9.29. The molecule has 0 aliphatic carbocycles. The maximum Gasteiger partial charge on any atom is 0.270 e. The molecule has 1 aromatic carbocycles. The standard InChI is InChI=1S/C16H19BrN2O2/c1-11(2)19-10-13(17)8-15(19)16(21)18(3)9-12-4-6-14(20)7-5-12/h4-8,10-11,20H,9H2,1-3H3. The van der Waals surface area contributed by atoms with E-state index >= 15 is 0 Å². The molecule has 21 heavy (non-hydrogen) atoms. The zero-order valence-corrected chi connectivity index (χ0v) is 14.0. The van der Waals surface area contributed by atoms with Crippen LogP contribution in [0.4, 0.5) is 0 Å². The van der Waals surface area contributed by atoms with E-state index in [4.69, 9.17) is 0 Å². The minimum absolute atomic E-state index is 0.0255. The summed E-state index contributed by atoms with van der Waals surface area (Å²) in [5.41, 5.74) is 1.64. The van der Waals surface area contributed by atoms with E-state index < -0.39 is 0 Å². The molecule has 0 aliphatic rings. The summed E-state index contributed by atoms with van der Waals surface area (Å²) in [5.74, 6) is 0.202. The summed E-state index contributed by atoms with van der Waals surface area (Å²) in [4.78, 5) is 14.3. The lowest BCUT2D eigenvalue weighted by Gasteiger charge is -2.20.